The smallest absolute Gasteiger partial charge is 0.342 e. The summed E-state index contributed by atoms with van der Waals surface area (Å²) < 4.78 is 10.4. The summed E-state index contributed by atoms with van der Waals surface area (Å²) in [6, 6.07) is 16.6. The van der Waals surface area contributed by atoms with Gasteiger partial charge in [-0.2, -0.15) is 0 Å². The van der Waals surface area contributed by atoms with Gasteiger partial charge in [-0.25, -0.2) is 4.79 Å². The molecule has 0 radical (unpaired) electrons. The highest BCUT2D eigenvalue weighted by atomic mass is 16.5. The van der Waals surface area contributed by atoms with Gasteiger partial charge < -0.3 is 9.47 Å². The zero-order valence-electron chi connectivity index (χ0n) is 10.1. The molecule has 0 unspecified atom stereocenters. The second kappa shape index (κ2) is 5.87. The topological polar surface area (TPSA) is 35.5 Å². The van der Waals surface area contributed by atoms with Gasteiger partial charge in [0.1, 0.15) is 17.9 Å². The lowest BCUT2D eigenvalue weighted by Crippen LogP contribution is -2.06. The Morgan fingerprint density at radius 1 is 1.00 bits per heavy atom. The lowest BCUT2D eigenvalue weighted by atomic mass is 10.2. The number of benzene rings is 2. The number of ether oxygens (including phenoxy) is 2. The molecule has 0 atom stereocenters. The van der Waals surface area contributed by atoms with Gasteiger partial charge in [0.15, 0.2) is 0 Å². The summed E-state index contributed by atoms with van der Waals surface area (Å²) in [6.07, 6.45) is 0. The first-order chi connectivity index (χ1) is 8.81. The normalized spacial score (nSPS) is 9.83. The number of hydrogen-bond donors (Lipinski definition) is 0. The molecular weight excluding hydrogens is 228 g/mol. The number of carbonyl (C=O) groups excluding carboxylic acids is 1. The van der Waals surface area contributed by atoms with Crippen LogP contribution < -0.4 is 4.74 Å². The predicted molar refractivity (Wildman–Crippen MR) is 68.6 cm³/mol. The molecule has 0 fully saturated rings. The lowest BCUT2D eigenvalue weighted by molar-refractivity contribution is 0.0469. The third kappa shape index (κ3) is 2.88. The first-order valence-corrected chi connectivity index (χ1v) is 5.65. The Hall–Kier alpha value is -2.29. The summed E-state index contributed by atoms with van der Waals surface area (Å²) in [5.41, 5.74) is 1.40. The van der Waals surface area contributed by atoms with Crippen LogP contribution in [-0.2, 0) is 11.3 Å². The second-order valence-corrected chi connectivity index (χ2v) is 3.76. The summed E-state index contributed by atoms with van der Waals surface area (Å²) in [4.78, 5) is 11.9. The number of carbonyl (C=O) groups is 1. The molecule has 0 aliphatic heterocycles. The third-order valence-corrected chi connectivity index (χ3v) is 2.54. The highest BCUT2D eigenvalue weighted by Crippen LogP contribution is 2.18. The fraction of sp³-hybridized carbons (Fsp3) is 0.133. The zero-order chi connectivity index (χ0) is 12.8. The average molecular weight is 242 g/mol. The molecule has 0 heterocycles. The molecule has 0 spiro atoms. The van der Waals surface area contributed by atoms with E-state index in [2.05, 4.69) is 0 Å². The maximum atomic E-state index is 11.9. The summed E-state index contributed by atoms with van der Waals surface area (Å²) >= 11 is 0. The van der Waals surface area contributed by atoms with Crippen LogP contribution in [0.4, 0.5) is 0 Å². The first kappa shape index (κ1) is 12.2. The fourth-order valence-electron chi connectivity index (χ4n) is 1.61. The van der Waals surface area contributed by atoms with Crippen LogP contribution in [0.1, 0.15) is 15.9 Å². The van der Waals surface area contributed by atoms with Crippen LogP contribution in [0.25, 0.3) is 0 Å². The van der Waals surface area contributed by atoms with E-state index in [1.165, 1.54) is 7.11 Å². The Morgan fingerprint density at radius 3 is 2.39 bits per heavy atom. The minimum atomic E-state index is -0.378. The molecule has 0 N–H and O–H groups in total. The van der Waals surface area contributed by atoms with E-state index >= 15 is 0 Å². The van der Waals surface area contributed by atoms with E-state index in [-0.39, 0.29) is 12.6 Å². The van der Waals surface area contributed by atoms with Crippen LogP contribution in [-0.4, -0.2) is 13.1 Å². The van der Waals surface area contributed by atoms with Crippen molar-refractivity contribution in [3.05, 3.63) is 65.7 Å². The molecule has 18 heavy (non-hydrogen) atoms. The van der Waals surface area contributed by atoms with E-state index in [1.54, 1.807) is 18.2 Å². The van der Waals surface area contributed by atoms with Crippen LogP contribution in [0.15, 0.2) is 54.6 Å². The zero-order valence-corrected chi connectivity index (χ0v) is 10.1. The minimum Gasteiger partial charge on any atom is -0.496 e. The Balaban J connectivity index is 2.04. The predicted octanol–water partition coefficient (Wildman–Crippen LogP) is 3.05. The highest BCUT2D eigenvalue weighted by molar-refractivity contribution is 5.92. The van der Waals surface area contributed by atoms with Crippen molar-refractivity contribution in [3.63, 3.8) is 0 Å². The van der Waals surface area contributed by atoms with Crippen molar-refractivity contribution in [2.45, 2.75) is 6.61 Å². The van der Waals surface area contributed by atoms with Gasteiger partial charge >= 0.3 is 5.97 Å². The molecule has 2 rings (SSSR count). The molecule has 0 amide bonds. The maximum absolute atomic E-state index is 11.9. The van der Waals surface area contributed by atoms with Gasteiger partial charge in [0.25, 0.3) is 0 Å². The first-order valence-electron chi connectivity index (χ1n) is 5.65. The van der Waals surface area contributed by atoms with Gasteiger partial charge in [0.2, 0.25) is 0 Å². The SMILES string of the molecule is COc1ccccc1C(=O)OCc1ccccc1. The number of rotatable bonds is 4. The molecule has 3 heteroatoms. The van der Waals surface area contributed by atoms with Crippen molar-refractivity contribution in [1.82, 2.24) is 0 Å². The number of methoxy groups -OCH3 is 1. The standard InChI is InChI=1S/C15H14O3/c1-17-14-10-6-5-9-13(14)15(16)18-11-12-7-3-2-4-8-12/h2-10H,11H2,1H3. The van der Waals surface area contributed by atoms with E-state index in [1.807, 2.05) is 36.4 Å². The Morgan fingerprint density at radius 2 is 1.67 bits per heavy atom. The van der Waals surface area contributed by atoms with Crippen LogP contribution in [0, 0.1) is 0 Å². The Bertz CT molecular complexity index is 520. The van der Waals surface area contributed by atoms with Gasteiger partial charge in [-0.3, -0.25) is 0 Å². The number of esters is 1. The van der Waals surface area contributed by atoms with Crippen LogP contribution >= 0.6 is 0 Å². The molecule has 2 aromatic carbocycles. The number of para-hydroxylation sites is 1. The van der Waals surface area contributed by atoms with Crippen molar-refractivity contribution in [1.29, 1.82) is 0 Å². The van der Waals surface area contributed by atoms with E-state index < -0.39 is 0 Å². The van der Waals surface area contributed by atoms with Crippen molar-refractivity contribution < 1.29 is 14.3 Å². The summed E-state index contributed by atoms with van der Waals surface area (Å²) in [5, 5.41) is 0. The van der Waals surface area contributed by atoms with Crippen molar-refractivity contribution in [2.75, 3.05) is 7.11 Å². The molecule has 0 aliphatic carbocycles. The third-order valence-electron chi connectivity index (χ3n) is 2.54. The summed E-state index contributed by atoms with van der Waals surface area (Å²) in [7, 11) is 1.53. The highest BCUT2D eigenvalue weighted by Gasteiger charge is 2.12. The molecule has 2 aromatic rings. The van der Waals surface area contributed by atoms with E-state index in [9.17, 15) is 4.79 Å². The average Bonchev–Trinajstić information content (AvgIpc) is 2.45. The second-order valence-electron chi connectivity index (χ2n) is 3.76. The van der Waals surface area contributed by atoms with Gasteiger partial charge in [-0.1, -0.05) is 42.5 Å². The molecule has 0 bridgehead atoms. The van der Waals surface area contributed by atoms with Crippen LogP contribution in [0.3, 0.4) is 0 Å². The van der Waals surface area contributed by atoms with E-state index in [4.69, 9.17) is 9.47 Å². The molecule has 0 saturated heterocycles. The molecule has 3 nitrogen and oxygen atoms in total. The number of hydrogen-bond acceptors (Lipinski definition) is 3. The van der Waals surface area contributed by atoms with Gasteiger partial charge in [0, 0.05) is 0 Å². The van der Waals surface area contributed by atoms with Gasteiger partial charge in [-0.15, -0.1) is 0 Å². The summed E-state index contributed by atoms with van der Waals surface area (Å²) in [5.74, 6) is 0.145. The maximum Gasteiger partial charge on any atom is 0.342 e. The molecular formula is C15H14O3. The quantitative estimate of drug-likeness (QED) is 0.773. The van der Waals surface area contributed by atoms with E-state index in [0.29, 0.717) is 11.3 Å². The van der Waals surface area contributed by atoms with Crippen molar-refractivity contribution >= 4 is 5.97 Å². The monoisotopic (exact) mass is 242 g/mol. The summed E-state index contributed by atoms with van der Waals surface area (Å²) in [6.45, 7) is 0.262. The minimum absolute atomic E-state index is 0.262. The molecule has 0 aliphatic rings. The Kier molecular flexibility index (Phi) is 3.97. The molecule has 0 aromatic heterocycles. The Labute approximate surface area is 106 Å². The van der Waals surface area contributed by atoms with Crippen molar-refractivity contribution in [3.8, 4) is 5.75 Å². The van der Waals surface area contributed by atoms with E-state index in [0.717, 1.165) is 5.56 Å². The van der Waals surface area contributed by atoms with Crippen LogP contribution in [0.5, 0.6) is 5.75 Å². The van der Waals surface area contributed by atoms with Crippen LogP contribution in [0.2, 0.25) is 0 Å². The van der Waals surface area contributed by atoms with Crippen molar-refractivity contribution in [2.24, 2.45) is 0 Å². The fourth-order valence-corrected chi connectivity index (χ4v) is 1.61. The largest absolute Gasteiger partial charge is 0.496 e. The van der Waals surface area contributed by atoms with Gasteiger partial charge in [0.05, 0.1) is 7.11 Å². The van der Waals surface area contributed by atoms with Gasteiger partial charge in [-0.05, 0) is 17.7 Å². The molecule has 0 saturated carbocycles. The molecule has 92 valence electrons. The lowest BCUT2D eigenvalue weighted by Gasteiger charge is -2.08.